The van der Waals surface area contributed by atoms with Gasteiger partial charge in [-0.3, -0.25) is 0 Å². The Bertz CT molecular complexity index is 863. The van der Waals surface area contributed by atoms with Crippen molar-refractivity contribution >= 4 is 17.3 Å². The summed E-state index contributed by atoms with van der Waals surface area (Å²) in [6.45, 7) is 3.82. The number of aromatic nitrogens is 2. The summed E-state index contributed by atoms with van der Waals surface area (Å²) < 4.78 is 6.85. The van der Waals surface area contributed by atoms with E-state index in [-0.39, 0.29) is 5.69 Å². The summed E-state index contributed by atoms with van der Waals surface area (Å²) in [6.07, 6.45) is 0. The molecule has 3 rings (SSSR count). The van der Waals surface area contributed by atoms with E-state index in [4.69, 9.17) is 4.74 Å². The number of thiophene rings is 1. The molecule has 1 N–H and O–H groups in total. The van der Waals surface area contributed by atoms with E-state index >= 15 is 0 Å². The Morgan fingerprint density at radius 2 is 1.87 bits per heavy atom. The van der Waals surface area contributed by atoms with E-state index in [2.05, 4.69) is 5.10 Å². The first-order valence-electron chi connectivity index (χ1n) is 7.05. The molecule has 2 aromatic heterocycles. The van der Waals surface area contributed by atoms with Crippen LogP contribution in [-0.2, 0) is 0 Å². The van der Waals surface area contributed by atoms with E-state index in [1.165, 1.54) is 4.88 Å². The number of carbonyl (C=O) groups is 1. The van der Waals surface area contributed by atoms with Crippen LogP contribution in [0.1, 0.15) is 20.9 Å². The Morgan fingerprint density at radius 1 is 1.17 bits per heavy atom. The molecule has 0 radical (unpaired) electrons. The van der Waals surface area contributed by atoms with Crippen molar-refractivity contribution in [1.82, 2.24) is 9.78 Å². The first-order valence-corrected chi connectivity index (χ1v) is 7.87. The fourth-order valence-corrected chi connectivity index (χ4v) is 3.42. The number of carboxylic acids is 1. The molecule has 0 aliphatic carbocycles. The Balaban J connectivity index is 2.21. The van der Waals surface area contributed by atoms with Gasteiger partial charge in [0.05, 0.1) is 23.4 Å². The number of hydrogen-bond acceptors (Lipinski definition) is 4. The zero-order valence-electron chi connectivity index (χ0n) is 13.0. The topological polar surface area (TPSA) is 64.4 Å². The number of ether oxygens (including phenoxy) is 1. The van der Waals surface area contributed by atoms with Crippen molar-refractivity contribution in [3.05, 3.63) is 52.5 Å². The van der Waals surface area contributed by atoms with Crippen molar-refractivity contribution < 1.29 is 14.6 Å². The lowest BCUT2D eigenvalue weighted by molar-refractivity contribution is 0.0689. The summed E-state index contributed by atoms with van der Waals surface area (Å²) in [5.74, 6) is -0.283. The first-order chi connectivity index (χ1) is 11.0. The largest absolute Gasteiger partial charge is 0.497 e. The number of aryl methyl sites for hydroxylation is 1. The summed E-state index contributed by atoms with van der Waals surface area (Å²) in [7, 11) is 1.61. The summed E-state index contributed by atoms with van der Waals surface area (Å²) >= 11 is 1.62. The van der Waals surface area contributed by atoms with E-state index in [0.717, 1.165) is 22.0 Å². The number of aromatic carboxylic acids is 1. The maximum absolute atomic E-state index is 11.5. The van der Waals surface area contributed by atoms with Gasteiger partial charge in [-0.2, -0.15) is 5.10 Å². The number of carboxylic acid groups (broad SMARTS) is 1. The maximum Gasteiger partial charge on any atom is 0.356 e. The molecule has 0 unspecified atom stereocenters. The lowest BCUT2D eigenvalue weighted by Crippen LogP contribution is -2.02. The minimum absolute atomic E-state index is 0.0712. The van der Waals surface area contributed by atoms with Crippen molar-refractivity contribution in [2.75, 3.05) is 7.11 Å². The molecule has 1 aromatic carbocycles. The van der Waals surface area contributed by atoms with Gasteiger partial charge in [0.1, 0.15) is 5.75 Å². The SMILES string of the molecule is COc1ccc(-n2nc(C(=O)O)c(C)c2-c2ccc(C)s2)cc1. The molecule has 3 aromatic rings. The standard InChI is InChI=1S/C17H16N2O3S/c1-10-4-9-14(23-10)16-11(2)15(17(20)21)18-19(16)12-5-7-13(22-3)8-6-12/h4-9H,1-3H3,(H,20,21). The van der Waals surface area contributed by atoms with Crippen molar-refractivity contribution in [3.8, 4) is 22.0 Å². The molecule has 0 aliphatic rings. The Kier molecular flexibility index (Phi) is 3.92. The van der Waals surface area contributed by atoms with Crippen LogP contribution in [-0.4, -0.2) is 28.0 Å². The van der Waals surface area contributed by atoms with Crippen LogP contribution in [0.15, 0.2) is 36.4 Å². The van der Waals surface area contributed by atoms with Crippen LogP contribution in [0.2, 0.25) is 0 Å². The fourth-order valence-electron chi connectivity index (χ4n) is 2.46. The van der Waals surface area contributed by atoms with E-state index < -0.39 is 5.97 Å². The van der Waals surface area contributed by atoms with Crippen molar-refractivity contribution in [2.45, 2.75) is 13.8 Å². The summed E-state index contributed by atoms with van der Waals surface area (Å²) in [5.41, 5.74) is 2.34. The maximum atomic E-state index is 11.5. The third-order valence-corrected chi connectivity index (χ3v) is 4.62. The van der Waals surface area contributed by atoms with Gasteiger partial charge in [-0.15, -0.1) is 11.3 Å². The molecule has 0 saturated carbocycles. The summed E-state index contributed by atoms with van der Waals surface area (Å²) in [5, 5.41) is 13.7. The van der Waals surface area contributed by atoms with Gasteiger partial charge in [-0.05, 0) is 50.2 Å². The first kappa shape index (κ1) is 15.3. The third kappa shape index (κ3) is 2.73. The van der Waals surface area contributed by atoms with Gasteiger partial charge >= 0.3 is 5.97 Å². The highest BCUT2D eigenvalue weighted by molar-refractivity contribution is 7.15. The molecule has 0 amide bonds. The fraction of sp³-hybridized carbons (Fsp3) is 0.176. The molecule has 5 nitrogen and oxygen atoms in total. The second kappa shape index (κ2) is 5.89. The van der Waals surface area contributed by atoms with Crippen LogP contribution in [0.5, 0.6) is 5.75 Å². The van der Waals surface area contributed by atoms with Gasteiger partial charge in [-0.25, -0.2) is 9.48 Å². The molecule has 0 atom stereocenters. The van der Waals surface area contributed by atoms with Gasteiger partial charge in [0, 0.05) is 10.4 Å². The smallest absolute Gasteiger partial charge is 0.356 e. The zero-order chi connectivity index (χ0) is 16.6. The summed E-state index contributed by atoms with van der Waals surface area (Å²) in [4.78, 5) is 13.6. The number of hydrogen-bond donors (Lipinski definition) is 1. The molecular formula is C17H16N2O3S. The molecule has 118 valence electrons. The molecule has 0 saturated heterocycles. The molecular weight excluding hydrogens is 312 g/mol. The third-order valence-electron chi connectivity index (χ3n) is 3.62. The van der Waals surface area contributed by atoms with Crippen LogP contribution in [0, 0.1) is 13.8 Å². The van der Waals surface area contributed by atoms with E-state index in [9.17, 15) is 9.90 Å². The molecule has 0 spiro atoms. The molecule has 6 heteroatoms. The lowest BCUT2D eigenvalue weighted by atomic mass is 10.1. The second-order valence-electron chi connectivity index (χ2n) is 5.15. The minimum atomic E-state index is -1.02. The van der Waals surface area contributed by atoms with Crippen LogP contribution >= 0.6 is 11.3 Å². The second-order valence-corrected chi connectivity index (χ2v) is 6.44. The van der Waals surface area contributed by atoms with E-state index in [1.54, 1.807) is 30.1 Å². The van der Waals surface area contributed by atoms with Crippen LogP contribution < -0.4 is 4.74 Å². The minimum Gasteiger partial charge on any atom is -0.497 e. The van der Waals surface area contributed by atoms with Gasteiger partial charge in [0.25, 0.3) is 0 Å². The predicted molar refractivity (Wildman–Crippen MR) is 89.9 cm³/mol. The van der Waals surface area contributed by atoms with Gasteiger partial charge in [-0.1, -0.05) is 0 Å². The zero-order valence-corrected chi connectivity index (χ0v) is 13.8. The molecule has 0 fully saturated rings. The van der Waals surface area contributed by atoms with Gasteiger partial charge in [0.2, 0.25) is 0 Å². The predicted octanol–water partition coefficient (Wildman–Crippen LogP) is 3.92. The van der Waals surface area contributed by atoms with Gasteiger partial charge < -0.3 is 9.84 Å². The number of benzene rings is 1. The average Bonchev–Trinajstić information content (AvgIpc) is 3.10. The van der Waals surface area contributed by atoms with E-state index in [0.29, 0.717) is 5.56 Å². The van der Waals surface area contributed by atoms with Crippen molar-refractivity contribution in [3.63, 3.8) is 0 Å². The molecule has 0 bridgehead atoms. The number of nitrogens with zero attached hydrogens (tertiary/aromatic N) is 2. The highest BCUT2D eigenvalue weighted by Gasteiger charge is 2.22. The monoisotopic (exact) mass is 328 g/mol. The Hall–Kier alpha value is -2.60. The molecule has 0 aliphatic heterocycles. The Morgan fingerprint density at radius 3 is 2.39 bits per heavy atom. The molecule has 23 heavy (non-hydrogen) atoms. The average molecular weight is 328 g/mol. The quantitative estimate of drug-likeness (QED) is 0.788. The lowest BCUT2D eigenvalue weighted by Gasteiger charge is -2.08. The highest BCUT2D eigenvalue weighted by Crippen LogP contribution is 2.33. The highest BCUT2D eigenvalue weighted by atomic mass is 32.1. The van der Waals surface area contributed by atoms with E-state index in [1.807, 2.05) is 43.3 Å². The molecule has 2 heterocycles. The van der Waals surface area contributed by atoms with Gasteiger partial charge in [0.15, 0.2) is 5.69 Å². The summed E-state index contributed by atoms with van der Waals surface area (Å²) in [6, 6.07) is 11.4. The number of methoxy groups -OCH3 is 1. The van der Waals surface area contributed by atoms with Crippen molar-refractivity contribution in [2.24, 2.45) is 0 Å². The van der Waals surface area contributed by atoms with Crippen LogP contribution in [0.4, 0.5) is 0 Å². The van der Waals surface area contributed by atoms with Crippen molar-refractivity contribution in [1.29, 1.82) is 0 Å². The van der Waals surface area contributed by atoms with Crippen LogP contribution in [0.25, 0.3) is 16.3 Å². The van der Waals surface area contributed by atoms with Crippen LogP contribution in [0.3, 0.4) is 0 Å². The number of rotatable bonds is 4. The normalized spacial score (nSPS) is 10.7. The Labute approximate surface area is 137 Å².